The van der Waals surface area contributed by atoms with Crippen LogP contribution in [0, 0.1) is 0 Å². The molecule has 1 saturated heterocycles. The fourth-order valence-electron chi connectivity index (χ4n) is 0.828. The van der Waals surface area contributed by atoms with Gasteiger partial charge in [-0.05, 0) is 0 Å². The Labute approximate surface area is 127 Å². The summed E-state index contributed by atoms with van der Waals surface area (Å²) < 4.78 is 4.78. The normalized spacial score (nSPS) is 21.8. The Morgan fingerprint density at radius 1 is 0.833 bits per heavy atom. The van der Waals surface area contributed by atoms with Crippen molar-refractivity contribution in [1.29, 1.82) is 0 Å². The van der Waals surface area contributed by atoms with Gasteiger partial charge in [-0.2, -0.15) is 0 Å². The molecule has 11 nitrogen and oxygen atoms in total. The van der Waals surface area contributed by atoms with Crippen LogP contribution in [0.3, 0.4) is 0 Å². The summed E-state index contributed by atoms with van der Waals surface area (Å²) >= 11 is 0. The predicted molar refractivity (Wildman–Crippen MR) is 54.1 cm³/mol. The molecule has 1 heterocycles. The number of aliphatic hydroxyl groups excluding tert-OH is 3. The molecule has 0 bridgehead atoms. The zero-order valence-corrected chi connectivity index (χ0v) is 12.1. The van der Waals surface area contributed by atoms with E-state index >= 15 is 0 Å². The quantitative estimate of drug-likeness (QED) is 0.409. The molecule has 0 aromatic rings. The van der Waals surface area contributed by atoms with E-state index in [-0.39, 0.29) is 88.7 Å². The summed E-state index contributed by atoms with van der Waals surface area (Å²) in [6.07, 6.45) is -2.35. The van der Waals surface area contributed by atoms with Crippen molar-refractivity contribution in [3.63, 3.8) is 0 Å². The number of hydrogen-bond donors (Lipinski definition) is 3. The molecule has 0 aromatic carbocycles. The molecule has 0 amide bonds. The molecule has 0 spiro atoms. The van der Waals surface area contributed by atoms with Crippen LogP contribution in [0.2, 0.25) is 0 Å². The maximum absolute atomic E-state index is 8.92. The third-order valence-corrected chi connectivity index (χ3v) is 1.44. The van der Waals surface area contributed by atoms with Crippen LogP contribution >= 0.6 is 0 Å². The van der Waals surface area contributed by atoms with Gasteiger partial charge in [0.1, 0.15) is 18.3 Å². The maximum atomic E-state index is 8.92. The molecule has 13 heteroatoms. The van der Waals surface area contributed by atoms with E-state index in [1.165, 1.54) is 0 Å². The average Bonchev–Trinajstić information content (AvgIpc) is 2.15. The third kappa shape index (κ3) is 16.7. The Hall–Kier alpha value is 0.729. The van der Waals surface area contributed by atoms with Crippen LogP contribution in [0.25, 0.3) is 0 Å². The van der Waals surface area contributed by atoms with Gasteiger partial charge in [-0.3, -0.25) is 0 Å². The molecule has 18 heavy (non-hydrogen) atoms. The fourth-order valence-corrected chi connectivity index (χ4v) is 0.828. The molecule has 1 aliphatic rings. The molecule has 2 radical (unpaired) electrons. The van der Waals surface area contributed by atoms with Gasteiger partial charge in [0.25, 0.3) is 0 Å². The molecular formula is C5H24O11V2. The van der Waals surface area contributed by atoms with Crippen LogP contribution in [0.5, 0.6) is 0 Å². The van der Waals surface area contributed by atoms with E-state index in [1.807, 2.05) is 0 Å². The van der Waals surface area contributed by atoms with Crippen LogP contribution in [-0.4, -0.2) is 85.2 Å². The van der Waals surface area contributed by atoms with Crippen molar-refractivity contribution >= 4 is 0 Å². The predicted octanol–water partition coefficient (Wildman–Crippen LogP) is -7.68. The first-order chi connectivity index (χ1) is 4.25. The van der Waals surface area contributed by atoms with Gasteiger partial charge < -0.3 is 58.4 Å². The summed E-state index contributed by atoms with van der Waals surface area (Å²) in [4.78, 5) is 0. The van der Waals surface area contributed by atoms with E-state index in [0.29, 0.717) is 0 Å². The Bertz CT molecular complexity index is 109. The Balaban J connectivity index is -0.0000000129. The van der Waals surface area contributed by atoms with Gasteiger partial charge in [0.15, 0.2) is 0 Å². The minimum atomic E-state index is -0.921. The summed E-state index contributed by atoms with van der Waals surface area (Å²) in [6, 6.07) is 0. The minimum Gasteiger partial charge on any atom is -0.412 e. The number of hydrogen-bond acceptors (Lipinski definition) is 4. The Kier molecular flexibility index (Phi) is 106. The molecule has 0 saturated carbocycles. The number of aliphatic hydroxyl groups is 3. The first kappa shape index (κ1) is 62.2. The van der Waals surface area contributed by atoms with Crippen LogP contribution in [0.1, 0.15) is 0 Å². The van der Waals surface area contributed by atoms with Crippen molar-refractivity contribution in [2.24, 2.45) is 0 Å². The van der Waals surface area contributed by atoms with Gasteiger partial charge in [-0.1, -0.05) is 0 Å². The maximum Gasteiger partial charge on any atom is 0.110 e. The summed E-state index contributed by atoms with van der Waals surface area (Å²) in [5.41, 5.74) is 0. The monoisotopic (exact) mass is 362 g/mol. The molecule has 1 fully saturated rings. The summed E-state index contributed by atoms with van der Waals surface area (Å²) in [5, 5.41) is 26.2. The van der Waals surface area contributed by atoms with E-state index in [0.717, 1.165) is 0 Å². The molecule has 1 aliphatic heterocycles. The van der Waals surface area contributed by atoms with Crippen molar-refractivity contribution in [2.75, 3.05) is 13.2 Å². The number of ether oxygens (including phenoxy) is 1. The third-order valence-electron chi connectivity index (χ3n) is 1.44. The summed E-state index contributed by atoms with van der Waals surface area (Å²) in [6.45, 7) is -0.120. The molecular weight excluding hydrogens is 338 g/mol. The summed E-state index contributed by atoms with van der Waals surface area (Å²) in [7, 11) is 0. The van der Waals surface area contributed by atoms with E-state index in [9.17, 15) is 0 Å². The van der Waals surface area contributed by atoms with E-state index in [1.54, 1.807) is 0 Å². The molecule has 3 atom stereocenters. The second-order valence-electron chi connectivity index (χ2n) is 2.11. The minimum absolute atomic E-state index is 0. The van der Waals surface area contributed by atoms with Crippen molar-refractivity contribution in [1.82, 2.24) is 0 Å². The molecule has 0 unspecified atom stereocenters. The topological polar surface area (TPSA) is 290 Å². The second-order valence-corrected chi connectivity index (χ2v) is 2.11. The van der Waals surface area contributed by atoms with Crippen molar-refractivity contribution in [3.05, 3.63) is 0 Å². The van der Waals surface area contributed by atoms with Gasteiger partial charge in [-0.25, -0.2) is 0 Å². The zero-order valence-electron chi connectivity index (χ0n) is 9.29. The smallest absolute Gasteiger partial charge is 0.110 e. The van der Waals surface area contributed by atoms with Crippen LogP contribution < -0.4 is 0 Å². The SMILES string of the molecule is O.O.O.O.O.O.O.OC[C@H]1OC[C@H](O)[C@@H]1O.[V].[V]. The van der Waals surface area contributed by atoms with E-state index in [2.05, 4.69) is 0 Å². The van der Waals surface area contributed by atoms with Crippen LogP contribution in [0.4, 0.5) is 0 Å². The fraction of sp³-hybridized carbons (Fsp3) is 1.00. The first-order valence-corrected chi connectivity index (χ1v) is 2.84. The summed E-state index contributed by atoms with van der Waals surface area (Å²) in [5.74, 6) is 0. The van der Waals surface area contributed by atoms with Gasteiger partial charge in [0.05, 0.1) is 13.2 Å². The standard InChI is InChI=1S/C5H10O4.7H2O.2V/c6-1-4-5(8)3(7)2-9-4;;;;;;;;;/h3-8H,1-2H2;7*1H2;;/t3-,4+,5-;;;;;;;;;/m0........./s1. The van der Waals surface area contributed by atoms with E-state index in [4.69, 9.17) is 20.1 Å². The van der Waals surface area contributed by atoms with Crippen molar-refractivity contribution < 1.29 is 95.5 Å². The first-order valence-electron chi connectivity index (χ1n) is 2.84. The molecule has 120 valence electrons. The van der Waals surface area contributed by atoms with Crippen LogP contribution in [0.15, 0.2) is 0 Å². The van der Waals surface area contributed by atoms with Gasteiger partial charge in [0, 0.05) is 37.1 Å². The molecule has 1 rings (SSSR count). The van der Waals surface area contributed by atoms with Crippen LogP contribution in [-0.2, 0) is 41.8 Å². The van der Waals surface area contributed by atoms with E-state index < -0.39 is 18.3 Å². The largest absolute Gasteiger partial charge is 0.412 e. The van der Waals surface area contributed by atoms with Crippen molar-refractivity contribution in [3.8, 4) is 0 Å². The van der Waals surface area contributed by atoms with Gasteiger partial charge in [0.2, 0.25) is 0 Å². The average molecular weight is 362 g/mol. The molecule has 0 aliphatic carbocycles. The van der Waals surface area contributed by atoms with Crippen molar-refractivity contribution in [2.45, 2.75) is 18.3 Å². The molecule has 17 N–H and O–H groups in total. The second kappa shape index (κ2) is 30.6. The van der Waals surface area contributed by atoms with Gasteiger partial charge >= 0.3 is 0 Å². The van der Waals surface area contributed by atoms with Gasteiger partial charge in [-0.15, -0.1) is 0 Å². The Morgan fingerprint density at radius 3 is 1.28 bits per heavy atom. The number of rotatable bonds is 1. The molecule has 0 aromatic heterocycles. The zero-order chi connectivity index (χ0) is 6.85. The Morgan fingerprint density at radius 2 is 1.17 bits per heavy atom.